The smallest absolute Gasteiger partial charge is 0.255 e. The average molecular weight is 314 g/mol. The van der Waals surface area contributed by atoms with Crippen LogP contribution in [0, 0.1) is 13.8 Å². The second-order valence-corrected chi connectivity index (χ2v) is 5.83. The molecule has 0 radical (unpaired) electrons. The van der Waals surface area contributed by atoms with E-state index in [9.17, 15) is 4.79 Å². The van der Waals surface area contributed by atoms with Gasteiger partial charge in [-0.25, -0.2) is 0 Å². The van der Waals surface area contributed by atoms with Gasteiger partial charge in [-0.15, -0.1) is 0 Å². The number of aryl methyl sites for hydroxylation is 2. The van der Waals surface area contributed by atoms with Gasteiger partial charge in [-0.2, -0.15) is 0 Å². The Labute approximate surface area is 134 Å². The molecule has 0 aliphatic carbocycles. The number of amides is 1. The van der Waals surface area contributed by atoms with Crippen molar-refractivity contribution in [3.8, 4) is 5.75 Å². The van der Waals surface area contributed by atoms with Gasteiger partial charge in [0.15, 0.2) is 0 Å². The first-order valence-corrected chi connectivity index (χ1v) is 7.42. The number of nitrogens with one attached hydrogen (secondary N) is 1. The Kier molecular flexibility index (Phi) is 3.90. The molecule has 0 bridgehead atoms. The minimum atomic E-state index is -0.158. The van der Waals surface area contributed by atoms with E-state index in [0.29, 0.717) is 10.6 Å². The molecule has 0 unspecified atom stereocenters. The number of halogens is 1. The normalized spacial score (nSPS) is 13.0. The summed E-state index contributed by atoms with van der Waals surface area (Å²) in [5, 5.41) is 3.52. The minimum absolute atomic E-state index is 0.158. The van der Waals surface area contributed by atoms with Crippen LogP contribution in [0.25, 0.3) is 6.08 Å². The molecular weight excluding hydrogens is 298 g/mol. The number of fused-ring (bicyclic) bond motifs is 1. The van der Waals surface area contributed by atoms with E-state index in [1.54, 1.807) is 12.1 Å². The lowest BCUT2D eigenvalue weighted by Crippen LogP contribution is -2.21. The van der Waals surface area contributed by atoms with E-state index in [0.717, 1.165) is 22.6 Å². The van der Waals surface area contributed by atoms with Crippen molar-refractivity contribution in [3.63, 3.8) is 0 Å². The number of benzene rings is 2. The summed E-state index contributed by atoms with van der Waals surface area (Å²) in [7, 11) is 0. The highest BCUT2D eigenvalue weighted by molar-refractivity contribution is 6.30. The van der Waals surface area contributed by atoms with Crippen LogP contribution in [0.1, 0.15) is 16.7 Å². The predicted molar refractivity (Wildman–Crippen MR) is 89.5 cm³/mol. The van der Waals surface area contributed by atoms with E-state index in [2.05, 4.69) is 5.32 Å². The molecule has 1 amide bonds. The lowest BCUT2D eigenvalue weighted by molar-refractivity contribution is -0.113. The number of hydrogen-bond acceptors (Lipinski definition) is 2. The number of rotatable bonds is 2. The van der Waals surface area contributed by atoms with E-state index in [4.69, 9.17) is 16.3 Å². The summed E-state index contributed by atoms with van der Waals surface area (Å²) in [5.41, 5.74) is 4.52. The zero-order valence-electron chi connectivity index (χ0n) is 12.4. The highest BCUT2D eigenvalue weighted by Gasteiger charge is 2.17. The molecular formula is C18H16ClNO2. The van der Waals surface area contributed by atoms with Crippen LogP contribution in [0.15, 0.2) is 42.0 Å². The molecule has 3 rings (SSSR count). The quantitative estimate of drug-likeness (QED) is 0.894. The third-order valence-electron chi connectivity index (χ3n) is 3.74. The summed E-state index contributed by atoms with van der Waals surface area (Å²) >= 11 is 5.98. The Morgan fingerprint density at radius 2 is 1.95 bits per heavy atom. The number of ether oxygens (including phenoxy) is 1. The van der Waals surface area contributed by atoms with E-state index in [1.165, 1.54) is 5.56 Å². The third-order valence-corrected chi connectivity index (χ3v) is 3.98. The summed E-state index contributed by atoms with van der Waals surface area (Å²) < 4.78 is 5.60. The summed E-state index contributed by atoms with van der Waals surface area (Å²) in [6.07, 6.45) is 1.82. The van der Waals surface area contributed by atoms with Crippen molar-refractivity contribution in [2.45, 2.75) is 13.8 Å². The zero-order valence-corrected chi connectivity index (χ0v) is 13.2. The molecule has 0 fully saturated rings. The zero-order chi connectivity index (χ0) is 15.7. The van der Waals surface area contributed by atoms with Crippen LogP contribution in [0.3, 0.4) is 0 Å². The standard InChI is InChI=1S/C18H16ClNO2/c1-11-3-5-16(7-12(11)2)20-18(21)14-8-13-9-15(19)4-6-17(13)22-10-14/h3-9H,10H2,1-2H3,(H,20,21). The maximum atomic E-state index is 12.4. The van der Waals surface area contributed by atoms with Crippen LogP contribution < -0.4 is 10.1 Å². The summed E-state index contributed by atoms with van der Waals surface area (Å²) in [4.78, 5) is 12.4. The minimum Gasteiger partial charge on any atom is -0.488 e. The van der Waals surface area contributed by atoms with Crippen LogP contribution in [0.2, 0.25) is 5.02 Å². The Balaban J connectivity index is 1.82. The van der Waals surface area contributed by atoms with Crippen molar-refractivity contribution in [3.05, 3.63) is 63.7 Å². The molecule has 112 valence electrons. The van der Waals surface area contributed by atoms with Crippen LogP contribution in [0.4, 0.5) is 5.69 Å². The molecule has 2 aromatic carbocycles. The molecule has 0 spiro atoms. The maximum absolute atomic E-state index is 12.4. The molecule has 0 atom stereocenters. The lowest BCUT2D eigenvalue weighted by atomic mass is 10.1. The van der Waals surface area contributed by atoms with Gasteiger partial charge < -0.3 is 10.1 Å². The van der Waals surface area contributed by atoms with Gasteiger partial charge in [-0.1, -0.05) is 17.7 Å². The van der Waals surface area contributed by atoms with Gasteiger partial charge in [-0.05, 0) is 61.4 Å². The molecule has 1 N–H and O–H groups in total. The van der Waals surface area contributed by atoms with E-state index in [1.807, 2.05) is 44.2 Å². The summed E-state index contributed by atoms with van der Waals surface area (Å²) in [6, 6.07) is 11.2. The van der Waals surface area contributed by atoms with Gasteiger partial charge >= 0.3 is 0 Å². The first-order valence-electron chi connectivity index (χ1n) is 7.04. The number of carbonyl (C=O) groups is 1. The van der Waals surface area contributed by atoms with Gasteiger partial charge in [0.1, 0.15) is 12.4 Å². The molecule has 0 saturated carbocycles. The third kappa shape index (κ3) is 3.00. The Morgan fingerprint density at radius 3 is 2.73 bits per heavy atom. The van der Waals surface area contributed by atoms with Crippen molar-refractivity contribution in [1.29, 1.82) is 0 Å². The fourth-order valence-corrected chi connectivity index (χ4v) is 2.49. The van der Waals surface area contributed by atoms with Crippen molar-refractivity contribution >= 4 is 29.3 Å². The van der Waals surface area contributed by atoms with Crippen molar-refractivity contribution in [2.24, 2.45) is 0 Å². The first kappa shape index (κ1) is 14.7. The van der Waals surface area contributed by atoms with Crippen molar-refractivity contribution < 1.29 is 9.53 Å². The van der Waals surface area contributed by atoms with Gasteiger partial charge in [-0.3, -0.25) is 4.79 Å². The van der Waals surface area contributed by atoms with Crippen LogP contribution in [-0.2, 0) is 4.79 Å². The van der Waals surface area contributed by atoms with Gasteiger partial charge in [0.2, 0.25) is 0 Å². The fourth-order valence-electron chi connectivity index (χ4n) is 2.31. The summed E-state index contributed by atoms with van der Waals surface area (Å²) in [6.45, 7) is 4.32. The predicted octanol–water partition coefficient (Wildman–Crippen LogP) is 4.37. The Morgan fingerprint density at radius 1 is 1.14 bits per heavy atom. The van der Waals surface area contributed by atoms with E-state index >= 15 is 0 Å². The van der Waals surface area contributed by atoms with Gasteiger partial charge in [0.25, 0.3) is 5.91 Å². The van der Waals surface area contributed by atoms with E-state index in [-0.39, 0.29) is 12.5 Å². The van der Waals surface area contributed by atoms with Crippen LogP contribution in [0.5, 0.6) is 5.75 Å². The second kappa shape index (κ2) is 5.85. The van der Waals surface area contributed by atoms with Crippen LogP contribution >= 0.6 is 11.6 Å². The maximum Gasteiger partial charge on any atom is 0.255 e. The molecule has 3 nitrogen and oxygen atoms in total. The molecule has 0 aromatic heterocycles. The van der Waals surface area contributed by atoms with Gasteiger partial charge in [0, 0.05) is 16.3 Å². The van der Waals surface area contributed by atoms with Crippen molar-refractivity contribution in [1.82, 2.24) is 0 Å². The van der Waals surface area contributed by atoms with Crippen molar-refractivity contribution in [2.75, 3.05) is 11.9 Å². The summed E-state index contributed by atoms with van der Waals surface area (Å²) in [5.74, 6) is 0.584. The Hall–Kier alpha value is -2.26. The monoisotopic (exact) mass is 313 g/mol. The number of carbonyl (C=O) groups excluding carboxylic acids is 1. The SMILES string of the molecule is Cc1ccc(NC(=O)C2=Cc3cc(Cl)ccc3OC2)cc1C. The Bertz CT molecular complexity index is 781. The highest BCUT2D eigenvalue weighted by atomic mass is 35.5. The topological polar surface area (TPSA) is 38.3 Å². The highest BCUT2D eigenvalue weighted by Crippen LogP contribution is 2.29. The number of anilines is 1. The van der Waals surface area contributed by atoms with Crippen LogP contribution in [-0.4, -0.2) is 12.5 Å². The average Bonchev–Trinajstić information content (AvgIpc) is 2.50. The lowest BCUT2D eigenvalue weighted by Gasteiger charge is -2.18. The van der Waals surface area contributed by atoms with E-state index < -0.39 is 0 Å². The molecule has 1 aliphatic rings. The van der Waals surface area contributed by atoms with Gasteiger partial charge in [0.05, 0.1) is 5.57 Å². The molecule has 2 aromatic rings. The fraction of sp³-hybridized carbons (Fsp3) is 0.167. The molecule has 0 saturated heterocycles. The molecule has 1 heterocycles. The molecule has 4 heteroatoms. The number of hydrogen-bond donors (Lipinski definition) is 1. The molecule has 22 heavy (non-hydrogen) atoms. The molecule has 1 aliphatic heterocycles. The second-order valence-electron chi connectivity index (χ2n) is 5.39. The first-order chi connectivity index (χ1) is 10.5. The largest absolute Gasteiger partial charge is 0.488 e.